The molecule has 1 aromatic carbocycles. The average molecular weight is 391 g/mol. The monoisotopic (exact) mass is 390 g/mol. The van der Waals surface area contributed by atoms with Crippen molar-refractivity contribution < 1.29 is 4.74 Å². The van der Waals surface area contributed by atoms with Crippen LogP contribution in [0.5, 0.6) is 5.75 Å². The normalized spacial score (nSPS) is 10.8. The van der Waals surface area contributed by atoms with E-state index in [-0.39, 0.29) is 0 Å². The molecule has 0 N–H and O–H groups in total. The summed E-state index contributed by atoms with van der Waals surface area (Å²) in [6, 6.07) is 7.98. The van der Waals surface area contributed by atoms with Gasteiger partial charge in [-0.05, 0) is 18.6 Å². The van der Waals surface area contributed by atoms with Crippen LogP contribution in [0.25, 0.3) is 11.4 Å². The molecule has 24 heavy (non-hydrogen) atoms. The zero-order chi connectivity index (χ0) is 17.0. The molecule has 130 valence electrons. The van der Waals surface area contributed by atoms with Crippen LogP contribution in [-0.2, 0) is 0 Å². The molecule has 0 unspecified atom stereocenters. The molecule has 0 fully saturated rings. The van der Waals surface area contributed by atoms with E-state index in [1.807, 2.05) is 24.3 Å². The van der Waals surface area contributed by atoms with Crippen LogP contribution >= 0.6 is 15.9 Å². The zero-order valence-corrected chi connectivity index (χ0v) is 16.1. The number of hydrogen-bond acceptors (Lipinski definition) is 3. The van der Waals surface area contributed by atoms with Gasteiger partial charge in [-0.25, -0.2) is 9.97 Å². The maximum atomic E-state index is 5.73. The number of halogens is 1. The van der Waals surface area contributed by atoms with E-state index in [1.165, 1.54) is 44.9 Å². The molecule has 0 atom stereocenters. The van der Waals surface area contributed by atoms with Gasteiger partial charge in [0.2, 0.25) is 0 Å². The van der Waals surface area contributed by atoms with E-state index in [1.54, 1.807) is 12.4 Å². The molecule has 3 nitrogen and oxygen atoms in total. The van der Waals surface area contributed by atoms with E-state index < -0.39 is 0 Å². The summed E-state index contributed by atoms with van der Waals surface area (Å²) >= 11 is 3.43. The van der Waals surface area contributed by atoms with E-state index in [0.29, 0.717) is 0 Å². The standard InChI is InChI=1S/C20H27BrN2O/c1-2-3-4-5-6-7-8-9-14-24-19-15-22-20(23-16-19)17-10-12-18(21)13-11-17/h10-13,15-16H,2-9,14H2,1H3. The number of ether oxygens (including phenoxy) is 1. The van der Waals surface area contributed by atoms with Crippen LogP contribution in [0.15, 0.2) is 41.1 Å². The van der Waals surface area contributed by atoms with Gasteiger partial charge in [-0.1, -0.05) is 79.9 Å². The molecule has 0 bridgehead atoms. The lowest BCUT2D eigenvalue weighted by Crippen LogP contribution is -1.99. The van der Waals surface area contributed by atoms with Gasteiger partial charge >= 0.3 is 0 Å². The average Bonchev–Trinajstić information content (AvgIpc) is 2.62. The van der Waals surface area contributed by atoms with Crippen LogP contribution < -0.4 is 4.74 Å². The van der Waals surface area contributed by atoms with Crippen molar-refractivity contribution in [2.75, 3.05) is 6.61 Å². The Labute approximate surface area is 154 Å². The van der Waals surface area contributed by atoms with E-state index in [0.717, 1.165) is 34.6 Å². The summed E-state index contributed by atoms with van der Waals surface area (Å²) < 4.78 is 6.78. The minimum absolute atomic E-state index is 0.724. The van der Waals surface area contributed by atoms with Crippen LogP contribution in [0.4, 0.5) is 0 Å². The highest BCUT2D eigenvalue weighted by atomic mass is 79.9. The third-order valence-electron chi connectivity index (χ3n) is 4.00. The molecule has 0 spiro atoms. The molecule has 0 aliphatic heterocycles. The summed E-state index contributed by atoms with van der Waals surface area (Å²) in [5.41, 5.74) is 1.01. The highest BCUT2D eigenvalue weighted by Crippen LogP contribution is 2.19. The third-order valence-corrected chi connectivity index (χ3v) is 4.53. The summed E-state index contributed by atoms with van der Waals surface area (Å²) in [4.78, 5) is 8.77. The first-order valence-corrected chi connectivity index (χ1v) is 9.79. The van der Waals surface area contributed by atoms with Crippen LogP contribution in [0.1, 0.15) is 58.3 Å². The van der Waals surface area contributed by atoms with Gasteiger partial charge in [-0.3, -0.25) is 0 Å². The molecular formula is C20H27BrN2O. The number of benzene rings is 1. The molecule has 1 aromatic heterocycles. The Hall–Kier alpha value is -1.42. The van der Waals surface area contributed by atoms with Crippen LogP contribution in [0.3, 0.4) is 0 Å². The quantitative estimate of drug-likeness (QED) is 0.414. The third kappa shape index (κ3) is 7.00. The van der Waals surface area contributed by atoms with Crippen LogP contribution in [-0.4, -0.2) is 16.6 Å². The number of hydrogen-bond donors (Lipinski definition) is 0. The Morgan fingerprint density at radius 3 is 2.04 bits per heavy atom. The van der Waals surface area contributed by atoms with Crippen LogP contribution in [0.2, 0.25) is 0 Å². The van der Waals surface area contributed by atoms with Crippen molar-refractivity contribution in [3.05, 3.63) is 41.1 Å². The SMILES string of the molecule is CCCCCCCCCCOc1cnc(-c2ccc(Br)cc2)nc1. The second kappa shape index (κ2) is 11.2. The van der Waals surface area contributed by atoms with Gasteiger partial charge in [-0.15, -0.1) is 0 Å². The Morgan fingerprint density at radius 1 is 0.833 bits per heavy atom. The van der Waals surface area contributed by atoms with Crippen molar-refractivity contribution in [3.63, 3.8) is 0 Å². The molecule has 0 radical (unpaired) electrons. The molecule has 4 heteroatoms. The fourth-order valence-corrected chi connectivity index (χ4v) is 2.83. The summed E-state index contributed by atoms with van der Waals surface area (Å²) in [6.45, 7) is 3.00. The van der Waals surface area contributed by atoms with E-state index in [2.05, 4.69) is 32.8 Å². The van der Waals surface area contributed by atoms with Gasteiger partial charge < -0.3 is 4.74 Å². The van der Waals surface area contributed by atoms with E-state index >= 15 is 0 Å². The second-order valence-corrected chi connectivity index (χ2v) is 6.99. The maximum absolute atomic E-state index is 5.73. The van der Waals surface area contributed by atoms with Crippen molar-refractivity contribution in [2.24, 2.45) is 0 Å². The van der Waals surface area contributed by atoms with Gasteiger partial charge in [0.25, 0.3) is 0 Å². The van der Waals surface area contributed by atoms with Crippen molar-refractivity contribution in [1.29, 1.82) is 0 Å². The molecule has 2 rings (SSSR count). The maximum Gasteiger partial charge on any atom is 0.159 e. The smallest absolute Gasteiger partial charge is 0.159 e. The predicted octanol–water partition coefficient (Wildman–Crippen LogP) is 6.43. The van der Waals surface area contributed by atoms with Crippen molar-refractivity contribution in [2.45, 2.75) is 58.3 Å². The number of nitrogens with zero attached hydrogens (tertiary/aromatic N) is 2. The zero-order valence-electron chi connectivity index (χ0n) is 14.5. The van der Waals surface area contributed by atoms with Gasteiger partial charge in [0, 0.05) is 10.0 Å². The molecule has 0 amide bonds. The Bertz CT molecular complexity index is 569. The lowest BCUT2D eigenvalue weighted by Gasteiger charge is -2.06. The van der Waals surface area contributed by atoms with Crippen molar-refractivity contribution >= 4 is 15.9 Å². The van der Waals surface area contributed by atoms with Crippen LogP contribution in [0, 0.1) is 0 Å². The molecular weight excluding hydrogens is 364 g/mol. The van der Waals surface area contributed by atoms with Crippen molar-refractivity contribution in [1.82, 2.24) is 9.97 Å². The number of rotatable bonds is 11. The molecule has 1 heterocycles. The fraction of sp³-hybridized carbons (Fsp3) is 0.500. The van der Waals surface area contributed by atoms with E-state index in [9.17, 15) is 0 Å². The highest BCUT2D eigenvalue weighted by Gasteiger charge is 2.02. The van der Waals surface area contributed by atoms with Gasteiger partial charge in [0.05, 0.1) is 19.0 Å². The fourth-order valence-electron chi connectivity index (χ4n) is 2.56. The first kappa shape index (κ1) is 18.9. The summed E-state index contributed by atoms with van der Waals surface area (Å²) in [5.74, 6) is 1.47. The predicted molar refractivity (Wildman–Crippen MR) is 103 cm³/mol. The Balaban J connectivity index is 1.63. The van der Waals surface area contributed by atoms with Crippen molar-refractivity contribution in [3.8, 4) is 17.1 Å². The van der Waals surface area contributed by atoms with Gasteiger partial charge in [-0.2, -0.15) is 0 Å². The Kier molecular flexibility index (Phi) is 8.82. The van der Waals surface area contributed by atoms with E-state index in [4.69, 9.17) is 4.74 Å². The largest absolute Gasteiger partial charge is 0.490 e. The summed E-state index contributed by atoms with van der Waals surface area (Å²) in [5, 5.41) is 0. The molecule has 0 saturated carbocycles. The number of unbranched alkanes of at least 4 members (excludes halogenated alkanes) is 7. The molecule has 2 aromatic rings. The summed E-state index contributed by atoms with van der Waals surface area (Å²) in [7, 11) is 0. The van der Waals surface area contributed by atoms with Gasteiger partial charge in [0.1, 0.15) is 0 Å². The molecule has 0 aliphatic carbocycles. The Morgan fingerprint density at radius 2 is 1.42 bits per heavy atom. The number of aromatic nitrogens is 2. The molecule has 0 aliphatic rings. The van der Waals surface area contributed by atoms with Gasteiger partial charge in [0.15, 0.2) is 11.6 Å². The lowest BCUT2D eigenvalue weighted by atomic mass is 10.1. The first-order chi connectivity index (χ1) is 11.8. The minimum atomic E-state index is 0.724. The topological polar surface area (TPSA) is 35.0 Å². The second-order valence-electron chi connectivity index (χ2n) is 6.07. The highest BCUT2D eigenvalue weighted by molar-refractivity contribution is 9.10. The lowest BCUT2D eigenvalue weighted by molar-refractivity contribution is 0.302. The minimum Gasteiger partial charge on any atom is -0.490 e. The summed E-state index contributed by atoms with van der Waals surface area (Å²) in [6.07, 6.45) is 14.0. The molecule has 0 saturated heterocycles. The first-order valence-electron chi connectivity index (χ1n) is 9.00.